The van der Waals surface area contributed by atoms with Crippen LogP contribution < -0.4 is 10.1 Å². The molecule has 2 aromatic carbocycles. The van der Waals surface area contributed by atoms with E-state index >= 15 is 0 Å². The number of aromatic nitrogens is 1. The molecule has 0 fully saturated rings. The van der Waals surface area contributed by atoms with Gasteiger partial charge in [0.05, 0.1) is 6.61 Å². The van der Waals surface area contributed by atoms with Crippen LogP contribution in [-0.4, -0.2) is 17.7 Å². The summed E-state index contributed by atoms with van der Waals surface area (Å²) in [6.45, 7) is 9.99. The van der Waals surface area contributed by atoms with Gasteiger partial charge in [0.1, 0.15) is 11.6 Å². The molecule has 1 aliphatic rings. The summed E-state index contributed by atoms with van der Waals surface area (Å²) < 4.78 is 22.1. The maximum Gasteiger partial charge on any atom is 0.123 e. The van der Waals surface area contributed by atoms with E-state index in [9.17, 15) is 4.39 Å². The van der Waals surface area contributed by atoms with Crippen LogP contribution in [-0.2, 0) is 24.9 Å². The molecular weight excluding hydrogens is 351 g/mol. The SMILES string of the molecule is CC(C)(C)c1ccc(OCCCn2c3c(c4cc(F)ccc42)CNCC3)cc1. The lowest BCUT2D eigenvalue weighted by atomic mass is 9.87. The Morgan fingerprint density at radius 3 is 2.64 bits per heavy atom. The van der Waals surface area contributed by atoms with Gasteiger partial charge in [-0.2, -0.15) is 0 Å². The summed E-state index contributed by atoms with van der Waals surface area (Å²) >= 11 is 0. The lowest BCUT2D eigenvalue weighted by Crippen LogP contribution is -2.24. The summed E-state index contributed by atoms with van der Waals surface area (Å²) in [5, 5.41) is 4.45. The third-order valence-electron chi connectivity index (χ3n) is 5.60. The van der Waals surface area contributed by atoms with Crippen LogP contribution in [0.3, 0.4) is 0 Å². The van der Waals surface area contributed by atoms with Gasteiger partial charge in [-0.3, -0.25) is 0 Å². The van der Waals surface area contributed by atoms with Crippen molar-refractivity contribution in [1.29, 1.82) is 0 Å². The van der Waals surface area contributed by atoms with Crippen LogP contribution in [0.5, 0.6) is 5.75 Å². The van der Waals surface area contributed by atoms with Crippen molar-refractivity contribution in [2.24, 2.45) is 0 Å². The average Bonchev–Trinajstić information content (AvgIpc) is 2.98. The van der Waals surface area contributed by atoms with Crippen LogP contribution in [0.25, 0.3) is 10.9 Å². The highest BCUT2D eigenvalue weighted by molar-refractivity contribution is 5.86. The van der Waals surface area contributed by atoms with Crippen LogP contribution >= 0.6 is 0 Å². The molecule has 148 valence electrons. The van der Waals surface area contributed by atoms with E-state index < -0.39 is 0 Å². The molecule has 1 aromatic heterocycles. The van der Waals surface area contributed by atoms with Crippen LogP contribution in [0.2, 0.25) is 0 Å². The Labute approximate surface area is 166 Å². The summed E-state index contributed by atoms with van der Waals surface area (Å²) in [6, 6.07) is 13.5. The highest BCUT2D eigenvalue weighted by Gasteiger charge is 2.20. The molecule has 3 aromatic rings. The van der Waals surface area contributed by atoms with Gasteiger partial charge in [0.15, 0.2) is 0 Å². The van der Waals surface area contributed by atoms with Gasteiger partial charge in [0, 0.05) is 42.7 Å². The number of rotatable bonds is 5. The Morgan fingerprint density at radius 1 is 1.11 bits per heavy atom. The molecule has 1 N–H and O–H groups in total. The Kier molecular flexibility index (Phi) is 5.15. The monoisotopic (exact) mass is 380 g/mol. The third-order valence-corrected chi connectivity index (χ3v) is 5.60. The molecule has 0 spiro atoms. The topological polar surface area (TPSA) is 26.2 Å². The minimum atomic E-state index is -0.167. The second-order valence-electron chi connectivity index (χ2n) is 8.64. The van der Waals surface area contributed by atoms with Crippen molar-refractivity contribution in [3.63, 3.8) is 0 Å². The predicted octanol–water partition coefficient (Wildman–Crippen LogP) is 5.19. The van der Waals surface area contributed by atoms with Crippen molar-refractivity contribution in [2.75, 3.05) is 13.2 Å². The van der Waals surface area contributed by atoms with E-state index in [4.69, 9.17) is 4.74 Å². The van der Waals surface area contributed by atoms with E-state index in [1.165, 1.54) is 16.8 Å². The molecule has 4 heteroatoms. The lowest BCUT2D eigenvalue weighted by Gasteiger charge is -2.19. The first kappa shape index (κ1) is 19.0. The smallest absolute Gasteiger partial charge is 0.123 e. The molecule has 2 heterocycles. The maximum atomic E-state index is 13.8. The minimum Gasteiger partial charge on any atom is -0.494 e. The molecule has 0 aliphatic carbocycles. The van der Waals surface area contributed by atoms with Crippen molar-refractivity contribution in [3.05, 3.63) is 65.1 Å². The van der Waals surface area contributed by atoms with Crippen LogP contribution in [0.15, 0.2) is 42.5 Å². The van der Waals surface area contributed by atoms with Gasteiger partial charge in [0.2, 0.25) is 0 Å². The van der Waals surface area contributed by atoms with E-state index in [-0.39, 0.29) is 11.2 Å². The fourth-order valence-electron chi connectivity index (χ4n) is 4.07. The minimum absolute atomic E-state index is 0.154. The highest BCUT2D eigenvalue weighted by Crippen LogP contribution is 2.30. The molecule has 0 saturated carbocycles. The van der Waals surface area contributed by atoms with Crippen molar-refractivity contribution >= 4 is 10.9 Å². The second-order valence-corrected chi connectivity index (χ2v) is 8.64. The zero-order valence-electron chi connectivity index (χ0n) is 17.0. The van der Waals surface area contributed by atoms with E-state index in [0.717, 1.165) is 49.1 Å². The predicted molar refractivity (Wildman–Crippen MR) is 113 cm³/mol. The zero-order valence-corrected chi connectivity index (χ0v) is 17.0. The molecular formula is C24H29FN2O. The molecule has 0 radical (unpaired) electrons. The van der Waals surface area contributed by atoms with E-state index in [1.807, 2.05) is 6.07 Å². The summed E-state index contributed by atoms with van der Waals surface area (Å²) in [5.41, 5.74) is 5.19. The van der Waals surface area contributed by atoms with Gasteiger partial charge in [-0.05, 0) is 53.3 Å². The number of nitrogens with one attached hydrogen (secondary N) is 1. The fourth-order valence-corrected chi connectivity index (χ4v) is 4.07. The van der Waals surface area contributed by atoms with E-state index in [2.05, 4.69) is 54.9 Å². The number of nitrogens with zero attached hydrogens (tertiary/aromatic N) is 1. The Morgan fingerprint density at radius 2 is 1.89 bits per heavy atom. The largest absolute Gasteiger partial charge is 0.494 e. The lowest BCUT2D eigenvalue weighted by molar-refractivity contribution is 0.301. The first-order chi connectivity index (χ1) is 13.4. The molecule has 1 aliphatic heterocycles. The van der Waals surface area contributed by atoms with Crippen molar-refractivity contribution in [2.45, 2.75) is 52.1 Å². The number of hydrogen-bond donors (Lipinski definition) is 1. The van der Waals surface area contributed by atoms with Gasteiger partial charge in [-0.25, -0.2) is 4.39 Å². The molecule has 0 saturated heterocycles. The quantitative estimate of drug-likeness (QED) is 0.616. The number of ether oxygens (including phenoxy) is 1. The van der Waals surface area contributed by atoms with Gasteiger partial charge in [-0.1, -0.05) is 32.9 Å². The summed E-state index contributed by atoms with van der Waals surface area (Å²) in [7, 11) is 0. The second kappa shape index (κ2) is 7.59. The molecule has 3 nitrogen and oxygen atoms in total. The Bertz CT molecular complexity index is 967. The van der Waals surface area contributed by atoms with Crippen LogP contribution in [0.4, 0.5) is 4.39 Å². The molecule has 0 bridgehead atoms. The number of halogens is 1. The Balaban J connectivity index is 1.43. The first-order valence-electron chi connectivity index (χ1n) is 10.2. The number of aryl methyl sites for hydroxylation is 1. The standard InChI is InChI=1S/C24H29FN2O/c1-24(2,3)17-5-8-19(9-6-17)28-14-4-13-27-22-10-7-18(25)15-20(22)21-16-26-12-11-23(21)27/h5-10,15,26H,4,11-14,16H2,1-3H3. The molecule has 0 atom stereocenters. The normalized spacial score (nSPS) is 14.3. The summed E-state index contributed by atoms with van der Waals surface area (Å²) in [6.07, 6.45) is 1.91. The first-order valence-corrected chi connectivity index (χ1v) is 10.2. The van der Waals surface area contributed by atoms with Crippen molar-refractivity contribution in [3.8, 4) is 5.75 Å². The number of hydrogen-bond acceptors (Lipinski definition) is 2. The van der Waals surface area contributed by atoms with Gasteiger partial charge in [-0.15, -0.1) is 0 Å². The average molecular weight is 381 g/mol. The summed E-state index contributed by atoms with van der Waals surface area (Å²) in [4.78, 5) is 0. The van der Waals surface area contributed by atoms with E-state index in [0.29, 0.717) is 6.61 Å². The fraction of sp³-hybridized carbons (Fsp3) is 0.417. The van der Waals surface area contributed by atoms with Crippen LogP contribution in [0, 0.1) is 5.82 Å². The number of fused-ring (bicyclic) bond motifs is 3. The van der Waals surface area contributed by atoms with Gasteiger partial charge >= 0.3 is 0 Å². The molecule has 0 unspecified atom stereocenters. The van der Waals surface area contributed by atoms with Crippen LogP contribution in [0.1, 0.15) is 44.0 Å². The van der Waals surface area contributed by atoms with Gasteiger partial charge in [0.25, 0.3) is 0 Å². The van der Waals surface area contributed by atoms with Crippen molar-refractivity contribution in [1.82, 2.24) is 9.88 Å². The maximum absolute atomic E-state index is 13.8. The zero-order chi connectivity index (χ0) is 19.7. The van der Waals surface area contributed by atoms with Crippen molar-refractivity contribution < 1.29 is 9.13 Å². The molecule has 28 heavy (non-hydrogen) atoms. The third kappa shape index (κ3) is 3.79. The number of benzene rings is 2. The Hall–Kier alpha value is -2.33. The molecule has 0 amide bonds. The highest BCUT2D eigenvalue weighted by atomic mass is 19.1. The van der Waals surface area contributed by atoms with Gasteiger partial charge < -0.3 is 14.6 Å². The molecule has 4 rings (SSSR count). The van der Waals surface area contributed by atoms with E-state index in [1.54, 1.807) is 12.1 Å². The summed E-state index contributed by atoms with van der Waals surface area (Å²) in [5.74, 6) is 0.749.